The summed E-state index contributed by atoms with van der Waals surface area (Å²) in [5.41, 5.74) is 31.2. The van der Waals surface area contributed by atoms with Crippen molar-refractivity contribution in [3.05, 3.63) is 135 Å². The molecule has 347 valence electrons. The molecule has 3 aromatic carbocycles. The predicted molar refractivity (Wildman–Crippen MR) is 262 cm³/mol. The fraction of sp³-hybridized carbons (Fsp3) is 0.306. The average Bonchev–Trinajstić information content (AvgIpc) is 3.87. The molecule has 66 heavy (non-hydrogen) atoms. The van der Waals surface area contributed by atoms with Gasteiger partial charge in [0.2, 0.25) is 0 Å². The van der Waals surface area contributed by atoms with E-state index in [9.17, 15) is 19.2 Å². The van der Waals surface area contributed by atoms with E-state index in [0.717, 1.165) is 117 Å². The SMILES string of the molecule is C.Cc1oc2c(C)c3oc(=O)cc(C)c3cc2c1CC=O.Cc1oc2c(C)c3oc(=O)cc(C)c3cc2c1CNCN.Cc1oc2c(C)c3oc(=O)cc(C)c3cc2c1CN[B]N.NCN. The Hall–Kier alpha value is -6.60. The Morgan fingerprint density at radius 3 is 1.15 bits per heavy atom. The molecule has 0 spiro atoms. The van der Waals surface area contributed by atoms with E-state index in [1.165, 1.54) is 25.7 Å². The van der Waals surface area contributed by atoms with E-state index in [0.29, 0.717) is 48.5 Å². The monoisotopic (exact) mass is 901 g/mol. The van der Waals surface area contributed by atoms with Gasteiger partial charge in [0.15, 0.2) is 0 Å². The minimum atomic E-state index is -0.367. The molecule has 9 aromatic rings. The molecule has 10 N–H and O–H groups in total. The second-order valence-electron chi connectivity index (χ2n) is 15.7. The number of nitrogens with two attached hydrogens (primary N) is 4. The van der Waals surface area contributed by atoms with E-state index in [-0.39, 0.29) is 31.0 Å². The van der Waals surface area contributed by atoms with Crippen LogP contribution in [0.2, 0.25) is 0 Å². The summed E-state index contributed by atoms with van der Waals surface area (Å²) in [6.07, 6.45) is 1.19. The van der Waals surface area contributed by atoms with Crippen LogP contribution in [0.1, 0.15) is 74.8 Å². The zero-order chi connectivity index (χ0) is 47.4. The molecule has 0 atom stereocenters. The van der Waals surface area contributed by atoms with Gasteiger partial charge in [0.1, 0.15) is 57.1 Å². The lowest BCUT2D eigenvalue weighted by Crippen LogP contribution is -2.26. The molecule has 9 rings (SSSR count). The van der Waals surface area contributed by atoms with Crippen molar-refractivity contribution < 1.29 is 31.3 Å². The van der Waals surface area contributed by atoms with Gasteiger partial charge in [-0.05, 0) is 97.2 Å². The molecule has 1 radical (unpaired) electrons. The standard InChI is InChI=1S/C16H18N2O3.C16H14O4.C15H16BN2O3.CH6N2.CH4/c1-8-4-14(19)21-15-9(2)16-12(5-11(8)15)13(6-18-7-17)10(3)20-16;1-8-6-14(18)20-15-9(2)16-13(7-12(8)15)11(4-5-17)10(3)19-16;1-7-4-13(19)21-14-8(2)15-11(5-10(7)14)12(6-18-16-17)9(3)20-15;2-1-3;/h4-5,18H,6-7,17H2,1-3H3;5-7H,4H2,1-3H3;4-5,18H,6,17H2,1-3H3;1-3H2;1H4. The number of hydrogen-bond acceptors (Lipinski definition) is 16. The van der Waals surface area contributed by atoms with Crippen molar-refractivity contribution in [3.63, 3.8) is 0 Å². The van der Waals surface area contributed by atoms with Crippen LogP contribution >= 0.6 is 0 Å². The van der Waals surface area contributed by atoms with Gasteiger partial charge >= 0.3 is 24.4 Å². The minimum Gasteiger partial charge on any atom is -0.461 e. The fourth-order valence-electron chi connectivity index (χ4n) is 8.19. The van der Waals surface area contributed by atoms with Crippen molar-refractivity contribution in [1.29, 1.82) is 0 Å². The Bertz CT molecular complexity index is 3280. The number of benzene rings is 3. The number of carbonyl (C=O) groups excluding carboxylic acids is 1. The first-order valence-corrected chi connectivity index (χ1v) is 20.9. The number of rotatable bonds is 8. The Kier molecular flexibility index (Phi) is 16.1. The molecule has 0 amide bonds. The van der Waals surface area contributed by atoms with Crippen molar-refractivity contribution in [2.75, 3.05) is 13.3 Å². The molecule has 0 fully saturated rings. The van der Waals surface area contributed by atoms with Crippen LogP contribution < -0.4 is 50.3 Å². The van der Waals surface area contributed by atoms with Crippen LogP contribution in [-0.2, 0) is 24.3 Å². The maximum Gasteiger partial charge on any atom is 0.336 e. The first-order chi connectivity index (χ1) is 31.0. The number of fused-ring (bicyclic) bond motifs is 6. The molecule has 0 bridgehead atoms. The van der Waals surface area contributed by atoms with Crippen molar-refractivity contribution in [2.45, 2.75) is 89.3 Å². The molecule has 0 saturated heterocycles. The first kappa shape index (κ1) is 50.4. The summed E-state index contributed by atoms with van der Waals surface area (Å²) in [4.78, 5) is 45.5. The summed E-state index contributed by atoms with van der Waals surface area (Å²) in [6.45, 7) is 19.0. The van der Waals surface area contributed by atoms with Crippen molar-refractivity contribution in [3.8, 4) is 0 Å². The fourth-order valence-corrected chi connectivity index (χ4v) is 8.19. The number of hydrogen-bond donors (Lipinski definition) is 6. The van der Waals surface area contributed by atoms with Crippen LogP contribution in [0, 0.1) is 62.3 Å². The van der Waals surface area contributed by atoms with Crippen LogP contribution in [0.5, 0.6) is 0 Å². The molecular formula is C49H58BN6O10. The van der Waals surface area contributed by atoms with Gasteiger partial charge in [-0.2, -0.15) is 0 Å². The molecule has 0 aliphatic rings. The smallest absolute Gasteiger partial charge is 0.336 e. The van der Waals surface area contributed by atoms with Gasteiger partial charge in [0.25, 0.3) is 0 Å². The topological polar surface area (TPSA) is 275 Å². The van der Waals surface area contributed by atoms with Crippen LogP contribution in [0.4, 0.5) is 0 Å². The van der Waals surface area contributed by atoms with E-state index < -0.39 is 0 Å². The van der Waals surface area contributed by atoms with Gasteiger partial charge in [0, 0.05) is 117 Å². The molecule has 17 heteroatoms. The van der Waals surface area contributed by atoms with E-state index in [1.807, 2.05) is 80.5 Å². The summed E-state index contributed by atoms with van der Waals surface area (Å²) in [5, 5.41) is 11.8. The van der Waals surface area contributed by atoms with Crippen molar-refractivity contribution >= 4 is 79.7 Å². The highest BCUT2D eigenvalue weighted by Gasteiger charge is 2.20. The minimum absolute atomic E-state index is 0. The average molecular weight is 902 g/mol. The van der Waals surface area contributed by atoms with Gasteiger partial charge in [-0.1, -0.05) is 7.43 Å². The van der Waals surface area contributed by atoms with Gasteiger partial charge in [-0.25, -0.2) is 14.4 Å². The molecule has 0 saturated carbocycles. The number of nitrogens with one attached hydrogen (secondary N) is 2. The zero-order valence-corrected chi connectivity index (χ0v) is 38.0. The summed E-state index contributed by atoms with van der Waals surface area (Å²) >= 11 is 0. The van der Waals surface area contributed by atoms with Gasteiger partial charge in [-0.3, -0.25) is 0 Å². The predicted octanol–water partition coefficient (Wildman–Crippen LogP) is 7.22. The van der Waals surface area contributed by atoms with Crippen molar-refractivity contribution in [2.24, 2.45) is 22.8 Å². The van der Waals surface area contributed by atoms with E-state index in [4.69, 9.17) is 37.9 Å². The van der Waals surface area contributed by atoms with Gasteiger partial charge < -0.3 is 64.7 Å². The zero-order valence-electron chi connectivity index (χ0n) is 38.0. The normalized spacial score (nSPS) is 11.0. The van der Waals surface area contributed by atoms with Crippen LogP contribution in [0.15, 0.2) is 77.3 Å². The lowest BCUT2D eigenvalue weighted by molar-refractivity contribution is -0.107. The summed E-state index contributed by atoms with van der Waals surface area (Å²) in [6, 6.07) is 10.5. The van der Waals surface area contributed by atoms with Crippen LogP contribution in [0.25, 0.3) is 65.8 Å². The number of furan rings is 3. The molecule has 6 heterocycles. The number of aryl methyl sites for hydroxylation is 9. The van der Waals surface area contributed by atoms with E-state index in [1.54, 1.807) is 0 Å². The van der Waals surface area contributed by atoms with E-state index >= 15 is 0 Å². The number of aldehydes is 1. The van der Waals surface area contributed by atoms with E-state index in [2.05, 4.69) is 22.0 Å². The van der Waals surface area contributed by atoms with Crippen LogP contribution in [0.3, 0.4) is 0 Å². The molecule has 0 aliphatic carbocycles. The Morgan fingerprint density at radius 2 is 0.818 bits per heavy atom. The Morgan fingerprint density at radius 1 is 0.500 bits per heavy atom. The Labute approximate surface area is 380 Å². The molecule has 0 unspecified atom stereocenters. The lowest BCUT2D eigenvalue weighted by Gasteiger charge is -2.05. The first-order valence-electron chi connectivity index (χ1n) is 20.9. The largest absolute Gasteiger partial charge is 0.461 e. The third-order valence-corrected chi connectivity index (χ3v) is 11.4. The second kappa shape index (κ2) is 21.1. The van der Waals surface area contributed by atoms with Gasteiger partial charge in [-0.15, -0.1) is 0 Å². The second-order valence-corrected chi connectivity index (χ2v) is 15.7. The summed E-state index contributed by atoms with van der Waals surface area (Å²) < 4.78 is 33.5. The maximum atomic E-state index is 11.6. The molecule has 16 nitrogen and oxygen atoms in total. The third kappa shape index (κ3) is 9.82. The highest BCUT2D eigenvalue weighted by molar-refractivity contribution is 6.27. The third-order valence-electron chi connectivity index (χ3n) is 11.4. The Balaban J connectivity index is 0.000000179. The highest BCUT2D eigenvalue weighted by atomic mass is 16.4. The quantitative estimate of drug-likeness (QED) is 0.0380. The summed E-state index contributed by atoms with van der Waals surface area (Å²) in [7, 11) is 1.41. The molecule has 6 aromatic heterocycles. The van der Waals surface area contributed by atoms with Gasteiger partial charge in [0.05, 0.1) is 0 Å². The van der Waals surface area contributed by atoms with Crippen LogP contribution in [-0.4, -0.2) is 27.2 Å². The maximum absolute atomic E-state index is 11.6. The van der Waals surface area contributed by atoms with Crippen molar-refractivity contribution in [1.82, 2.24) is 10.5 Å². The molecule has 0 aliphatic heterocycles. The summed E-state index contributed by atoms with van der Waals surface area (Å²) in [5.74, 6) is 2.41. The molecular weight excluding hydrogens is 843 g/mol. The lowest BCUT2D eigenvalue weighted by atomic mass is 10.0. The highest BCUT2D eigenvalue weighted by Crippen LogP contribution is 2.37. The number of carbonyl (C=O) groups is 1.